The van der Waals surface area contributed by atoms with Gasteiger partial charge in [-0.25, -0.2) is 4.98 Å². The first-order valence-electron chi connectivity index (χ1n) is 6.77. The van der Waals surface area contributed by atoms with Gasteiger partial charge in [0.25, 0.3) is 0 Å². The third-order valence-corrected chi connectivity index (χ3v) is 3.98. The molecule has 3 rings (SSSR count). The van der Waals surface area contributed by atoms with E-state index in [1.807, 2.05) is 10.6 Å². The molecule has 96 valence electrons. The molecule has 0 radical (unpaired) electrons. The zero-order valence-electron chi connectivity index (χ0n) is 10.7. The number of anilines is 1. The molecule has 5 heteroatoms. The highest BCUT2D eigenvalue weighted by Crippen LogP contribution is 2.28. The first kappa shape index (κ1) is 11.4. The predicted octanol–water partition coefficient (Wildman–Crippen LogP) is 2.51. The Kier molecular flexibility index (Phi) is 3.13. The molecule has 0 unspecified atom stereocenters. The van der Waals surface area contributed by atoms with Crippen molar-refractivity contribution in [2.75, 3.05) is 5.32 Å². The van der Waals surface area contributed by atoms with Crippen molar-refractivity contribution in [1.29, 1.82) is 0 Å². The Morgan fingerprint density at radius 3 is 2.94 bits per heavy atom. The molecule has 0 spiro atoms. The van der Waals surface area contributed by atoms with Gasteiger partial charge in [-0.2, -0.15) is 0 Å². The standard InChI is InChI=1S/C13H19N5/c1-2-10-3-5-11(6-4-10)16-12-13-17-15-9-18(13)8-7-14-12/h7-11H,2-6H2,1H3,(H,14,16). The lowest BCUT2D eigenvalue weighted by molar-refractivity contribution is 0.330. The fourth-order valence-electron chi connectivity index (χ4n) is 2.77. The first-order chi connectivity index (χ1) is 8.86. The van der Waals surface area contributed by atoms with Crippen LogP contribution in [-0.2, 0) is 0 Å². The fraction of sp³-hybridized carbons (Fsp3) is 0.615. The number of hydrogen-bond acceptors (Lipinski definition) is 4. The Hall–Kier alpha value is -1.65. The van der Waals surface area contributed by atoms with Gasteiger partial charge in [0, 0.05) is 18.4 Å². The van der Waals surface area contributed by atoms with E-state index in [2.05, 4.69) is 27.4 Å². The zero-order chi connectivity index (χ0) is 12.4. The van der Waals surface area contributed by atoms with Crippen molar-refractivity contribution in [3.05, 3.63) is 18.7 Å². The number of nitrogens with one attached hydrogen (secondary N) is 1. The minimum absolute atomic E-state index is 0.531. The molecule has 0 aromatic carbocycles. The van der Waals surface area contributed by atoms with Gasteiger partial charge in [-0.1, -0.05) is 13.3 Å². The number of nitrogens with zero attached hydrogens (tertiary/aromatic N) is 4. The molecule has 18 heavy (non-hydrogen) atoms. The average Bonchev–Trinajstić information content (AvgIpc) is 2.89. The lowest BCUT2D eigenvalue weighted by Gasteiger charge is -2.28. The van der Waals surface area contributed by atoms with Crippen LogP contribution in [-0.4, -0.2) is 25.6 Å². The maximum Gasteiger partial charge on any atom is 0.203 e. The Morgan fingerprint density at radius 2 is 2.17 bits per heavy atom. The van der Waals surface area contributed by atoms with Crippen molar-refractivity contribution >= 4 is 11.5 Å². The first-order valence-corrected chi connectivity index (χ1v) is 6.77. The predicted molar refractivity (Wildman–Crippen MR) is 70.4 cm³/mol. The summed E-state index contributed by atoms with van der Waals surface area (Å²) in [4.78, 5) is 4.38. The second-order valence-corrected chi connectivity index (χ2v) is 5.11. The quantitative estimate of drug-likeness (QED) is 0.902. The molecule has 0 bridgehead atoms. The number of hydrogen-bond donors (Lipinski definition) is 1. The Balaban J connectivity index is 1.71. The van der Waals surface area contributed by atoms with E-state index in [0.29, 0.717) is 6.04 Å². The van der Waals surface area contributed by atoms with Gasteiger partial charge in [-0.15, -0.1) is 10.2 Å². The molecule has 1 aliphatic carbocycles. The molecule has 5 nitrogen and oxygen atoms in total. The van der Waals surface area contributed by atoms with Crippen LogP contribution in [0.15, 0.2) is 18.7 Å². The number of rotatable bonds is 3. The summed E-state index contributed by atoms with van der Waals surface area (Å²) < 4.78 is 1.90. The summed E-state index contributed by atoms with van der Waals surface area (Å²) in [7, 11) is 0. The third-order valence-electron chi connectivity index (χ3n) is 3.98. The van der Waals surface area contributed by atoms with Crippen molar-refractivity contribution in [3.63, 3.8) is 0 Å². The molecule has 2 aromatic heterocycles. The van der Waals surface area contributed by atoms with Gasteiger partial charge in [-0.3, -0.25) is 4.40 Å². The van der Waals surface area contributed by atoms with Crippen LogP contribution in [0.3, 0.4) is 0 Å². The van der Waals surface area contributed by atoms with Gasteiger partial charge in [0.2, 0.25) is 5.65 Å². The summed E-state index contributed by atoms with van der Waals surface area (Å²) in [5.74, 6) is 1.77. The monoisotopic (exact) mass is 245 g/mol. The molecule has 0 aliphatic heterocycles. The summed E-state index contributed by atoms with van der Waals surface area (Å²) in [5, 5.41) is 11.5. The van der Waals surface area contributed by atoms with Crippen LogP contribution in [0, 0.1) is 5.92 Å². The SMILES string of the molecule is CCC1CCC(Nc2nccn3cnnc23)CC1. The molecule has 0 saturated heterocycles. The van der Waals surface area contributed by atoms with E-state index in [0.717, 1.165) is 17.4 Å². The molecule has 1 N–H and O–H groups in total. The highest BCUT2D eigenvalue weighted by Gasteiger charge is 2.20. The van der Waals surface area contributed by atoms with E-state index in [1.54, 1.807) is 12.5 Å². The van der Waals surface area contributed by atoms with Crippen LogP contribution in [0.4, 0.5) is 5.82 Å². The van der Waals surface area contributed by atoms with Crippen LogP contribution in [0.1, 0.15) is 39.0 Å². The van der Waals surface area contributed by atoms with Crippen molar-refractivity contribution in [2.45, 2.75) is 45.1 Å². The van der Waals surface area contributed by atoms with Gasteiger partial charge < -0.3 is 5.32 Å². The smallest absolute Gasteiger partial charge is 0.203 e. The van der Waals surface area contributed by atoms with E-state index < -0.39 is 0 Å². The Morgan fingerprint density at radius 1 is 1.33 bits per heavy atom. The topological polar surface area (TPSA) is 55.1 Å². The van der Waals surface area contributed by atoms with Crippen LogP contribution >= 0.6 is 0 Å². The molecule has 1 aliphatic rings. The third kappa shape index (κ3) is 2.17. The summed E-state index contributed by atoms with van der Waals surface area (Å²) in [6.07, 6.45) is 11.8. The summed E-state index contributed by atoms with van der Waals surface area (Å²) >= 11 is 0. The molecule has 1 fully saturated rings. The van der Waals surface area contributed by atoms with E-state index >= 15 is 0 Å². The van der Waals surface area contributed by atoms with Crippen LogP contribution in [0.5, 0.6) is 0 Å². The Bertz CT molecular complexity index is 513. The summed E-state index contributed by atoms with van der Waals surface area (Å²) in [6.45, 7) is 2.29. The van der Waals surface area contributed by atoms with Crippen LogP contribution < -0.4 is 5.32 Å². The zero-order valence-corrected chi connectivity index (χ0v) is 10.7. The second-order valence-electron chi connectivity index (χ2n) is 5.11. The molecular formula is C13H19N5. The van der Waals surface area contributed by atoms with Crippen molar-refractivity contribution in [3.8, 4) is 0 Å². The molecule has 2 heterocycles. The minimum atomic E-state index is 0.531. The van der Waals surface area contributed by atoms with E-state index in [1.165, 1.54) is 32.1 Å². The molecule has 1 saturated carbocycles. The van der Waals surface area contributed by atoms with Gasteiger partial charge in [0.15, 0.2) is 5.82 Å². The molecular weight excluding hydrogens is 226 g/mol. The normalized spacial score (nSPS) is 24.3. The Labute approximate surface area is 107 Å². The lowest BCUT2D eigenvalue weighted by Crippen LogP contribution is -2.26. The largest absolute Gasteiger partial charge is 0.364 e. The maximum atomic E-state index is 4.38. The van der Waals surface area contributed by atoms with E-state index in [9.17, 15) is 0 Å². The van der Waals surface area contributed by atoms with Crippen LogP contribution in [0.2, 0.25) is 0 Å². The minimum Gasteiger partial charge on any atom is -0.364 e. The van der Waals surface area contributed by atoms with Crippen molar-refractivity contribution in [1.82, 2.24) is 19.6 Å². The number of fused-ring (bicyclic) bond motifs is 1. The molecule has 0 amide bonds. The molecule has 2 aromatic rings. The molecule has 0 atom stereocenters. The fourth-order valence-corrected chi connectivity index (χ4v) is 2.77. The van der Waals surface area contributed by atoms with Crippen LogP contribution in [0.25, 0.3) is 5.65 Å². The lowest BCUT2D eigenvalue weighted by atomic mass is 9.84. The highest BCUT2D eigenvalue weighted by molar-refractivity contribution is 5.61. The van der Waals surface area contributed by atoms with Gasteiger partial charge in [0.1, 0.15) is 6.33 Å². The summed E-state index contributed by atoms with van der Waals surface area (Å²) in [5.41, 5.74) is 0.815. The maximum absolute atomic E-state index is 4.38. The van der Waals surface area contributed by atoms with E-state index in [4.69, 9.17) is 0 Å². The van der Waals surface area contributed by atoms with Gasteiger partial charge in [-0.05, 0) is 31.6 Å². The average molecular weight is 245 g/mol. The van der Waals surface area contributed by atoms with Gasteiger partial charge >= 0.3 is 0 Å². The summed E-state index contributed by atoms with van der Waals surface area (Å²) in [6, 6.07) is 0.531. The highest BCUT2D eigenvalue weighted by atomic mass is 15.2. The number of aromatic nitrogens is 4. The van der Waals surface area contributed by atoms with Crippen molar-refractivity contribution < 1.29 is 0 Å². The van der Waals surface area contributed by atoms with Gasteiger partial charge in [0.05, 0.1) is 0 Å². The van der Waals surface area contributed by atoms with Crippen molar-refractivity contribution in [2.24, 2.45) is 5.92 Å². The van der Waals surface area contributed by atoms with E-state index in [-0.39, 0.29) is 0 Å². The second kappa shape index (κ2) is 4.92.